The van der Waals surface area contributed by atoms with Crippen LogP contribution in [0.15, 0.2) is 42.6 Å². The van der Waals surface area contributed by atoms with Crippen molar-refractivity contribution >= 4 is 42.2 Å². The first kappa shape index (κ1) is 23.0. The molecule has 0 bridgehead atoms. The zero-order chi connectivity index (χ0) is 16.5. The van der Waals surface area contributed by atoms with Crippen molar-refractivity contribution in [2.75, 3.05) is 25.0 Å². The van der Waals surface area contributed by atoms with Crippen LogP contribution >= 0.6 is 24.8 Å². The van der Waals surface area contributed by atoms with Gasteiger partial charge in [-0.3, -0.25) is 4.79 Å². The maximum absolute atomic E-state index is 12.2. The number of amides is 1. The number of hydrogen-bond acceptors (Lipinski definition) is 5. The second-order valence-electron chi connectivity index (χ2n) is 4.88. The number of aromatic nitrogens is 1. The van der Waals surface area contributed by atoms with Crippen molar-refractivity contribution in [1.29, 1.82) is 0 Å². The van der Waals surface area contributed by atoms with Crippen LogP contribution in [-0.4, -0.2) is 30.6 Å². The minimum absolute atomic E-state index is 0. The normalized spacial score (nSPS) is 9.36. The van der Waals surface area contributed by atoms with Gasteiger partial charge < -0.3 is 21.1 Å². The van der Waals surface area contributed by atoms with Crippen LogP contribution in [0.2, 0.25) is 0 Å². The third-order valence-electron chi connectivity index (χ3n) is 3.15. The summed E-state index contributed by atoms with van der Waals surface area (Å²) in [6.45, 7) is 3.66. The average molecular weight is 387 g/mol. The summed E-state index contributed by atoms with van der Waals surface area (Å²) in [5, 5.41) is 5.99. The number of pyridine rings is 1. The van der Waals surface area contributed by atoms with Crippen LogP contribution in [0.5, 0.6) is 5.75 Å². The predicted octanol–water partition coefficient (Wildman–Crippen LogP) is 3.15. The number of nitrogens with one attached hydrogen (secondary N) is 2. The number of anilines is 2. The zero-order valence-electron chi connectivity index (χ0n) is 14.0. The molecule has 1 heterocycles. The SMILES string of the molecule is CCOc1ccc(Nc2ncccc2C(=O)NCCCN)cc1.Cl.Cl. The highest BCUT2D eigenvalue weighted by Gasteiger charge is 2.11. The molecule has 8 heteroatoms. The van der Waals surface area contributed by atoms with E-state index < -0.39 is 0 Å². The van der Waals surface area contributed by atoms with E-state index in [1.54, 1.807) is 18.3 Å². The van der Waals surface area contributed by atoms with E-state index in [0.717, 1.165) is 17.9 Å². The lowest BCUT2D eigenvalue weighted by Crippen LogP contribution is -2.26. The Bertz CT molecular complexity index is 639. The molecule has 4 N–H and O–H groups in total. The van der Waals surface area contributed by atoms with E-state index in [1.165, 1.54) is 0 Å². The van der Waals surface area contributed by atoms with Crippen LogP contribution in [0.25, 0.3) is 0 Å². The summed E-state index contributed by atoms with van der Waals surface area (Å²) < 4.78 is 5.41. The molecule has 1 amide bonds. The van der Waals surface area contributed by atoms with Crippen molar-refractivity contribution in [1.82, 2.24) is 10.3 Å². The van der Waals surface area contributed by atoms with E-state index in [0.29, 0.717) is 31.1 Å². The number of hydrogen-bond donors (Lipinski definition) is 3. The van der Waals surface area contributed by atoms with E-state index in [-0.39, 0.29) is 30.7 Å². The first-order chi connectivity index (χ1) is 11.2. The molecule has 0 spiro atoms. The maximum Gasteiger partial charge on any atom is 0.255 e. The highest BCUT2D eigenvalue weighted by Crippen LogP contribution is 2.21. The summed E-state index contributed by atoms with van der Waals surface area (Å²) in [7, 11) is 0. The lowest BCUT2D eigenvalue weighted by Gasteiger charge is -2.11. The van der Waals surface area contributed by atoms with Crippen molar-refractivity contribution in [3.63, 3.8) is 0 Å². The molecule has 0 atom stereocenters. The van der Waals surface area contributed by atoms with E-state index >= 15 is 0 Å². The molecule has 0 aliphatic rings. The molecule has 6 nitrogen and oxygen atoms in total. The molecule has 1 aromatic carbocycles. The monoisotopic (exact) mass is 386 g/mol. The molecule has 0 unspecified atom stereocenters. The molecule has 25 heavy (non-hydrogen) atoms. The second kappa shape index (κ2) is 12.4. The van der Waals surface area contributed by atoms with Crippen molar-refractivity contribution in [2.45, 2.75) is 13.3 Å². The lowest BCUT2D eigenvalue weighted by molar-refractivity contribution is 0.0954. The van der Waals surface area contributed by atoms with Gasteiger partial charge in [0.1, 0.15) is 11.6 Å². The molecule has 0 aliphatic carbocycles. The Hall–Kier alpha value is -2.02. The van der Waals surface area contributed by atoms with Crippen molar-refractivity contribution in [3.8, 4) is 5.75 Å². The average Bonchev–Trinajstić information content (AvgIpc) is 2.57. The molecule has 1 aromatic heterocycles. The Kier molecular flexibility index (Phi) is 11.4. The lowest BCUT2D eigenvalue weighted by atomic mass is 10.2. The zero-order valence-corrected chi connectivity index (χ0v) is 15.7. The standard InChI is InChI=1S/C17H22N4O2.2ClH/c1-2-23-14-8-6-13(7-9-14)21-16-15(5-3-11-19-16)17(22)20-12-4-10-18;;/h3,5-9,11H,2,4,10,12,18H2,1H3,(H,19,21)(H,20,22);2*1H. The third-order valence-corrected chi connectivity index (χ3v) is 3.15. The molecule has 0 aliphatic heterocycles. The Morgan fingerprint density at radius 2 is 1.92 bits per heavy atom. The largest absolute Gasteiger partial charge is 0.494 e. The van der Waals surface area contributed by atoms with E-state index in [2.05, 4.69) is 15.6 Å². The van der Waals surface area contributed by atoms with Gasteiger partial charge >= 0.3 is 0 Å². The van der Waals surface area contributed by atoms with Gasteiger partial charge in [-0.05, 0) is 56.3 Å². The number of halogens is 2. The molecule has 0 saturated heterocycles. The maximum atomic E-state index is 12.2. The van der Waals surface area contributed by atoms with Crippen LogP contribution in [-0.2, 0) is 0 Å². The van der Waals surface area contributed by atoms with Gasteiger partial charge in [-0.15, -0.1) is 24.8 Å². The predicted molar refractivity (Wildman–Crippen MR) is 106 cm³/mol. The number of rotatable bonds is 8. The van der Waals surface area contributed by atoms with Gasteiger partial charge in [0.05, 0.1) is 12.2 Å². The Morgan fingerprint density at radius 3 is 2.56 bits per heavy atom. The van der Waals surface area contributed by atoms with Crippen molar-refractivity contribution in [3.05, 3.63) is 48.2 Å². The summed E-state index contributed by atoms with van der Waals surface area (Å²) in [5.74, 6) is 1.15. The quantitative estimate of drug-likeness (QED) is 0.606. The summed E-state index contributed by atoms with van der Waals surface area (Å²) in [4.78, 5) is 16.5. The van der Waals surface area contributed by atoms with Crippen LogP contribution in [0.3, 0.4) is 0 Å². The second-order valence-corrected chi connectivity index (χ2v) is 4.88. The van der Waals surface area contributed by atoms with Crippen molar-refractivity contribution in [2.24, 2.45) is 5.73 Å². The van der Waals surface area contributed by atoms with Gasteiger partial charge in [-0.25, -0.2) is 4.98 Å². The number of nitrogens with two attached hydrogens (primary N) is 1. The number of nitrogens with zero attached hydrogens (tertiary/aromatic N) is 1. The molecule has 0 saturated carbocycles. The molecule has 138 valence electrons. The van der Waals surface area contributed by atoms with E-state index in [4.69, 9.17) is 10.5 Å². The fourth-order valence-electron chi connectivity index (χ4n) is 2.03. The molecular weight excluding hydrogens is 363 g/mol. The number of benzene rings is 1. The van der Waals surface area contributed by atoms with Gasteiger partial charge in [0.15, 0.2) is 0 Å². The Morgan fingerprint density at radius 1 is 1.20 bits per heavy atom. The van der Waals surface area contributed by atoms with E-state index in [9.17, 15) is 4.79 Å². The van der Waals surface area contributed by atoms with Gasteiger partial charge in [0.25, 0.3) is 5.91 Å². The molecule has 0 radical (unpaired) electrons. The Balaban J connectivity index is 0.00000288. The fraction of sp³-hybridized carbons (Fsp3) is 0.294. The molecule has 0 fully saturated rings. The molecule has 2 rings (SSSR count). The third kappa shape index (κ3) is 7.17. The number of ether oxygens (including phenoxy) is 1. The minimum atomic E-state index is -0.167. The highest BCUT2D eigenvalue weighted by molar-refractivity contribution is 5.99. The van der Waals surface area contributed by atoms with Crippen LogP contribution in [0, 0.1) is 0 Å². The number of carbonyl (C=O) groups is 1. The van der Waals surface area contributed by atoms with Gasteiger partial charge in [-0.1, -0.05) is 0 Å². The minimum Gasteiger partial charge on any atom is -0.494 e. The van der Waals surface area contributed by atoms with Crippen LogP contribution in [0.4, 0.5) is 11.5 Å². The molecular formula is C17H24Cl2N4O2. The first-order valence-electron chi connectivity index (χ1n) is 7.67. The van der Waals surface area contributed by atoms with E-state index in [1.807, 2.05) is 31.2 Å². The number of carbonyl (C=O) groups excluding carboxylic acids is 1. The summed E-state index contributed by atoms with van der Waals surface area (Å²) in [5.41, 5.74) is 6.77. The first-order valence-corrected chi connectivity index (χ1v) is 7.67. The van der Waals surface area contributed by atoms with Gasteiger partial charge in [0, 0.05) is 18.4 Å². The van der Waals surface area contributed by atoms with Gasteiger partial charge in [-0.2, -0.15) is 0 Å². The topological polar surface area (TPSA) is 89.3 Å². The Labute approximate surface area is 160 Å². The summed E-state index contributed by atoms with van der Waals surface area (Å²) in [6, 6.07) is 11.0. The highest BCUT2D eigenvalue weighted by atomic mass is 35.5. The summed E-state index contributed by atoms with van der Waals surface area (Å²) in [6.07, 6.45) is 2.39. The van der Waals surface area contributed by atoms with Crippen LogP contribution in [0.1, 0.15) is 23.7 Å². The summed E-state index contributed by atoms with van der Waals surface area (Å²) >= 11 is 0. The van der Waals surface area contributed by atoms with Crippen molar-refractivity contribution < 1.29 is 9.53 Å². The fourth-order valence-corrected chi connectivity index (χ4v) is 2.03. The van der Waals surface area contributed by atoms with Crippen LogP contribution < -0.4 is 21.1 Å². The smallest absolute Gasteiger partial charge is 0.255 e. The van der Waals surface area contributed by atoms with Gasteiger partial charge in [0.2, 0.25) is 0 Å². The molecule has 2 aromatic rings.